The number of aliphatic hydroxyl groups is 1. The van der Waals surface area contributed by atoms with Crippen LogP contribution in [-0.4, -0.2) is 22.1 Å². The van der Waals surface area contributed by atoms with Crippen molar-refractivity contribution in [2.24, 2.45) is 0 Å². The number of rotatable bonds is 7. The van der Waals surface area contributed by atoms with Crippen molar-refractivity contribution in [3.63, 3.8) is 0 Å². The number of carbonyl (C=O) groups is 1. The summed E-state index contributed by atoms with van der Waals surface area (Å²) >= 11 is 3.18. The van der Waals surface area contributed by atoms with Gasteiger partial charge in [-0.15, -0.1) is 11.3 Å². The van der Waals surface area contributed by atoms with Gasteiger partial charge in [-0.3, -0.25) is 4.79 Å². The summed E-state index contributed by atoms with van der Waals surface area (Å²) in [5.74, 6) is -0.0635. The monoisotopic (exact) mass is 346 g/mol. The zero-order valence-electron chi connectivity index (χ0n) is 12.5. The lowest BCUT2D eigenvalue weighted by molar-refractivity contribution is -0.122. The van der Waals surface area contributed by atoms with Crippen LogP contribution >= 0.6 is 22.7 Å². The molecule has 3 aromatic heterocycles. The summed E-state index contributed by atoms with van der Waals surface area (Å²) in [5, 5.41) is 18.7. The van der Waals surface area contributed by atoms with Crippen LogP contribution in [0.5, 0.6) is 0 Å². The molecule has 2 atom stereocenters. The lowest BCUT2D eigenvalue weighted by Gasteiger charge is -2.18. The number of hydrogen-bond acceptors (Lipinski definition) is 4. The Morgan fingerprint density at radius 2 is 2.04 bits per heavy atom. The van der Waals surface area contributed by atoms with Gasteiger partial charge in [-0.05, 0) is 46.0 Å². The maximum atomic E-state index is 12.3. The van der Waals surface area contributed by atoms with Gasteiger partial charge in [0, 0.05) is 23.8 Å². The van der Waals surface area contributed by atoms with Gasteiger partial charge in [0.25, 0.3) is 0 Å². The summed E-state index contributed by atoms with van der Waals surface area (Å²) < 4.78 is 2.04. The lowest BCUT2D eigenvalue weighted by atomic mass is 10.1. The van der Waals surface area contributed by atoms with E-state index in [1.54, 1.807) is 11.3 Å². The summed E-state index contributed by atoms with van der Waals surface area (Å²) in [6, 6.07) is 9.81. The molecule has 3 heterocycles. The van der Waals surface area contributed by atoms with E-state index < -0.39 is 6.10 Å². The largest absolute Gasteiger partial charge is 0.387 e. The van der Waals surface area contributed by atoms with Crippen molar-refractivity contribution in [1.29, 1.82) is 0 Å². The summed E-state index contributed by atoms with van der Waals surface area (Å²) in [7, 11) is 0. The van der Waals surface area contributed by atoms with Crippen LogP contribution in [-0.2, 0) is 4.79 Å². The first-order chi connectivity index (χ1) is 11.2. The van der Waals surface area contributed by atoms with Gasteiger partial charge in [-0.1, -0.05) is 6.07 Å². The number of carbonyl (C=O) groups excluding carboxylic acids is 1. The quantitative estimate of drug-likeness (QED) is 0.688. The highest BCUT2D eigenvalue weighted by molar-refractivity contribution is 7.10. The molecular weight excluding hydrogens is 328 g/mol. The van der Waals surface area contributed by atoms with Crippen molar-refractivity contribution in [2.45, 2.75) is 18.6 Å². The topological polar surface area (TPSA) is 54.3 Å². The Hall–Kier alpha value is -1.89. The molecule has 0 saturated carbocycles. The second-order valence-electron chi connectivity index (χ2n) is 5.24. The zero-order chi connectivity index (χ0) is 16.1. The predicted octanol–water partition coefficient (Wildman–Crippen LogP) is 3.44. The van der Waals surface area contributed by atoms with Crippen LogP contribution in [0.2, 0.25) is 0 Å². The van der Waals surface area contributed by atoms with Crippen LogP contribution < -0.4 is 5.32 Å². The van der Waals surface area contributed by atoms with Crippen LogP contribution in [0.3, 0.4) is 0 Å². The van der Waals surface area contributed by atoms with Gasteiger partial charge in [-0.2, -0.15) is 11.3 Å². The first-order valence-corrected chi connectivity index (χ1v) is 9.19. The maximum Gasteiger partial charge on any atom is 0.222 e. The van der Waals surface area contributed by atoms with Crippen molar-refractivity contribution < 1.29 is 9.90 Å². The molecule has 23 heavy (non-hydrogen) atoms. The number of thiophene rings is 2. The maximum absolute atomic E-state index is 12.3. The van der Waals surface area contributed by atoms with Crippen molar-refractivity contribution >= 4 is 28.6 Å². The van der Waals surface area contributed by atoms with E-state index in [0.29, 0.717) is 6.42 Å². The molecule has 2 N–H and O–H groups in total. The van der Waals surface area contributed by atoms with E-state index >= 15 is 0 Å². The molecule has 0 bridgehead atoms. The molecule has 1 amide bonds. The highest BCUT2D eigenvalue weighted by atomic mass is 32.1. The molecule has 0 aliphatic heterocycles. The second kappa shape index (κ2) is 7.59. The minimum absolute atomic E-state index is 0.0108. The summed E-state index contributed by atoms with van der Waals surface area (Å²) in [5.41, 5.74) is 0.843. The van der Waals surface area contributed by atoms with Gasteiger partial charge >= 0.3 is 0 Å². The van der Waals surface area contributed by atoms with Crippen molar-refractivity contribution in [1.82, 2.24) is 9.88 Å². The Labute approximate surface area is 143 Å². The fourth-order valence-corrected chi connectivity index (χ4v) is 3.97. The Morgan fingerprint density at radius 1 is 1.22 bits per heavy atom. The van der Waals surface area contributed by atoms with Crippen molar-refractivity contribution in [3.8, 4) is 0 Å². The normalized spacial score (nSPS) is 13.6. The molecule has 0 unspecified atom stereocenters. The van der Waals surface area contributed by atoms with Gasteiger partial charge in [0.2, 0.25) is 5.91 Å². The molecule has 0 saturated heterocycles. The van der Waals surface area contributed by atoms with E-state index in [-0.39, 0.29) is 18.5 Å². The Kier molecular flexibility index (Phi) is 5.27. The van der Waals surface area contributed by atoms with E-state index in [9.17, 15) is 9.90 Å². The average molecular weight is 346 g/mol. The third-order valence-electron chi connectivity index (χ3n) is 3.66. The molecule has 0 aliphatic rings. The number of hydrogen-bond donors (Lipinski definition) is 2. The molecule has 0 radical (unpaired) electrons. The third-order valence-corrected chi connectivity index (χ3v) is 5.33. The summed E-state index contributed by atoms with van der Waals surface area (Å²) in [4.78, 5) is 13.4. The van der Waals surface area contributed by atoms with Crippen molar-refractivity contribution in [2.75, 3.05) is 6.54 Å². The Balaban J connectivity index is 1.60. The molecule has 6 heteroatoms. The number of aromatic nitrogens is 1. The first-order valence-electron chi connectivity index (χ1n) is 7.37. The van der Waals surface area contributed by atoms with Crippen LogP contribution in [0.1, 0.15) is 29.0 Å². The van der Waals surface area contributed by atoms with Gasteiger partial charge in [0.05, 0.1) is 18.6 Å². The molecule has 0 fully saturated rings. The summed E-state index contributed by atoms with van der Waals surface area (Å²) in [6.07, 6.45) is 3.64. The number of aliphatic hydroxyl groups excluding tert-OH is 1. The Bertz CT molecular complexity index is 672. The molecule has 0 aromatic carbocycles. The van der Waals surface area contributed by atoms with Crippen LogP contribution in [0.15, 0.2) is 58.9 Å². The number of nitrogens with zero attached hydrogens (tertiary/aromatic N) is 1. The van der Waals surface area contributed by atoms with Gasteiger partial charge < -0.3 is 15.0 Å². The SMILES string of the molecule is O=C(C[C@H](c1cccs1)n1cccc1)NC[C@@H](O)c1ccsc1. The van der Waals surface area contributed by atoms with Gasteiger partial charge in [-0.25, -0.2) is 0 Å². The predicted molar refractivity (Wildman–Crippen MR) is 93.8 cm³/mol. The lowest BCUT2D eigenvalue weighted by Crippen LogP contribution is -2.30. The molecule has 120 valence electrons. The standard InChI is InChI=1S/C17H18N2O2S2/c20-15(13-5-9-22-12-13)11-18-17(21)10-14(16-4-3-8-23-16)19-6-1-2-7-19/h1-9,12,14-15,20H,10-11H2,(H,18,21)/t14-,15-/m1/s1. The van der Waals surface area contributed by atoms with Crippen LogP contribution in [0.25, 0.3) is 0 Å². The molecule has 4 nitrogen and oxygen atoms in total. The van der Waals surface area contributed by atoms with Crippen LogP contribution in [0.4, 0.5) is 0 Å². The first kappa shape index (κ1) is 16.0. The highest BCUT2D eigenvalue weighted by Crippen LogP contribution is 2.26. The molecule has 3 rings (SSSR count). The molecule has 0 aliphatic carbocycles. The smallest absolute Gasteiger partial charge is 0.222 e. The van der Waals surface area contributed by atoms with E-state index in [1.165, 1.54) is 11.3 Å². The summed E-state index contributed by atoms with van der Waals surface area (Å²) in [6.45, 7) is 0.235. The molecule has 0 spiro atoms. The van der Waals surface area contributed by atoms with E-state index in [1.807, 2.05) is 63.4 Å². The van der Waals surface area contributed by atoms with E-state index in [4.69, 9.17) is 0 Å². The van der Waals surface area contributed by atoms with Crippen molar-refractivity contribution in [3.05, 3.63) is 69.3 Å². The van der Waals surface area contributed by atoms with E-state index in [0.717, 1.165) is 10.4 Å². The number of amides is 1. The third kappa shape index (κ3) is 4.10. The average Bonchev–Trinajstić information content (AvgIpc) is 3.33. The fraction of sp³-hybridized carbons (Fsp3) is 0.235. The molecular formula is C17H18N2O2S2. The number of nitrogens with one attached hydrogen (secondary N) is 1. The highest BCUT2D eigenvalue weighted by Gasteiger charge is 2.19. The fourth-order valence-electron chi connectivity index (χ4n) is 2.43. The van der Waals surface area contributed by atoms with Crippen LogP contribution in [0, 0.1) is 0 Å². The molecule has 3 aromatic rings. The van der Waals surface area contributed by atoms with Gasteiger partial charge in [0.15, 0.2) is 0 Å². The van der Waals surface area contributed by atoms with Gasteiger partial charge in [0.1, 0.15) is 0 Å². The zero-order valence-corrected chi connectivity index (χ0v) is 14.1. The minimum Gasteiger partial charge on any atom is -0.387 e. The minimum atomic E-state index is -0.656. The second-order valence-corrected chi connectivity index (χ2v) is 7.00. The van der Waals surface area contributed by atoms with E-state index in [2.05, 4.69) is 5.32 Å². The Morgan fingerprint density at radius 3 is 2.70 bits per heavy atom.